The fraction of sp³-hybridized carbons (Fsp3) is 0.478. The van der Waals surface area contributed by atoms with E-state index in [2.05, 4.69) is 41.0 Å². The van der Waals surface area contributed by atoms with E-state index in [1.54, 1.807) is 12.1 Å². The van der Waals surface area contributed by atoms with Crippen molar-refractivity contribution in [1.29, 1.82) is 0 Å². The van der Waals surface area contributed by atoms with Gasteiger partial charge in [-0.25, -0.2) is 4.39 Å². The molecule has 0 bridgehead atoms. The van der Waals surface area contributed by atoms with Crippen LogP contribution in [0.3, 0.4) is 0 Å². The molecule has 0 atom stereocenters. The van der Waals surface area contributed by atoms with Gasteiger partial charge in [0.15, 0.2) is 11.6 Å². The maximum absolute atomic E-state index is 13.6. The Kier molecular flexibility index (Phi) is 16.7. The largest absolute Gasteiger partial charge is 0.494 e. The summed E-state index contributed by atoms with van der Waals surface area (Å²) in [5, 5.41) is 6.96. The quantitative estimate of drug-likeness (QED) is 0.392. The van der Waals surface area contributed by atoms with Gasteiger partial charge in [-0.2, -0.15) is 0 Å². The van der Waals surface area contributed by atoms with Crippen LogP contribution in [0.5, 0.6) is 5.75 Å². The summed E-state index contributed by atoms with van der Waals surface area (Å²) in [6, 6.07) is 15.8. The molecule has 0 aliphatic carbocycles. The van der Waals surface area contributed by atoms with Gasteiger partial charge >= 0.3 is 0 Å². The molecule has 6 heteroatoms. The van der Waals surface area contributed by atoms with E-state index in [1.807, 2.05) is 6.07 Å². The number of rotatable bonds is 14. The van der Waals surface area contributed by atoms with E-state index in [0.717, 1.165) is 44.6 Å². The van der Waals surface area contributed by atoms with Gasteiger partial charge in [-0.05, 0) is 75.1 Å². The van der Waals surface area contributed by atoms with Gasteiger partial charge in [0.1, 0.15) is 0 Å². The first kappa shape index (κ1) is 27.7. The van der Waals surface area contributed by atoms with E-state index in [0.29, 0.717) is 5.75 Å². The normalized spacial score (nSPS) is 10.1. The predicted molar refractivity (Wildman–Crippen MR) is 126 cm³/mol. The number of ether oxygens (including phenoxy) is 1. The minimum Gasteiger partial charge on any atom is -0.494 e. The van der Waals surface area contributed by atoms with Crippen LogP contribution < -0.4 is 15.4 Å². The topological polar surface area (TPSA) is 33.3 Å². The Morgan fingerprint density at radius 1 is 0.724 bits per heavy atom. The van der Waals surface area contributed by atoms with E-state index in [-0.39, 0.29) is 30.6 Å². The fourth-order valence-electron chi connectivity index (χ4n) is 3.08. The van der Waals surface area contributed by atoms with Crippen molar-refractivity contribution in [2.45, 2.75) is 38.5 Å². The number of nitrogens with one attached hydrogen (secondary N) is 2. The molecule has 0 heterocycles. The Hall–Kier alpha value is -1.33. The average Bonchev–Trinajstić information content (AvgIpc) is 2.69. The number of unbranched alkanes of at least 4 members (excludes halogenated alkanes) is 3. The molecule has 0 spiro atoms. The summed E-state index contributed by atoms with van der Waals surface area (Å²) in [4.78, 5) is 0. The Labute approximate surface area is 187 Å². The molecular weight excluding hydrogens is 410 g/mol. The molecule has 2 aromatic carbocycles. The number of hydrogen-bond donors (Lipinski definition) is 2. The van der Waals surface area contributed by atoms with Gasteiger partial charge in [0.05, 0.1) is 7.11 Å². The average molecular weight is 445 g/mol. The number of benzene rings is 2. The van der Waals surface area contributed by atoms with Crippen molar-refractivity contribution in [2.75, 3.05) is 33.3 Å². The van der Waals surface area contributed by atoms with Crippen molar-refractivity contribution in [2.24, 2.45) is 0 Å². The molecule has 0 radical (unpaired) electrons. The van der Waals surface area contributed by atoms with Crippen LogP contribution in [0, 0.1) is 5.82 Å². The van der Waals surface area contributed by atoms with Crippen LogP contribution >= 0.6 is 24.8 Å². The first-order valence-corrected chi connectivity index (χ1v) is 10.1. The molecule has 2 aromatic rings. The van der Waals surface area contributed by atoms with Crippen molar-refractivity contribution in [3.8, 4) is 5.75 Å². The van der Waals surface area contributed by atoms with Gasteiger partial charge in [0.2, 0.25) is 0 Å². The van der Waals surface area contributed by atoms with Crippen LogP contribution in [0.2, 0.25) is 0 Å². The summed E-state index contributed by atoms with van der Waals surface area (Å²) in [5.74, 6) is 0.0219. The number of methoxy groups -OCH3 is 1. The van der Waals surface area contributed by atoms with Crippen LogP contribution in [0.1, 0.15) is 36.8 Å². The first-order chi connectivity index (χ1) is 13.3. The summed E-state index contributed by atoms with van der Waals surface area (Å²) < 4.78 is 18.5. The number of hydrogen-bond acceptors (Lipinski definition) is 3. The zero-order valence-electron chi connectivity index (χ0n) is 17.3. The standard InChI is InChI=1S/C23H33FN2O.2ClH/c1-27-23-12-11-21(19-22(23)24)14-18-26-16-8-3-2-7-15-25-17-13-20-9-5-4-6-10-20;;/h4-6,9-12,19,25-26H,2-3,7-8,13-18H2,1H3;2*1H. The second-order valence-electron chi connectivity index (χ2n) is 6.87. The van der Waals surface area contributed by atoms with Crippen LogP contribution in [0.4, 0.5) is 4.39 Å². The maximum atomic E-state index is 13.6. The molecule has 0 aliphatic heterocycles. The van der Waals surface area contributed by atoms with Gasteiger partial charge in [0.25, 0.3) is 0 Å². The van der Waals surface area contributed by atoms with Crippen LogP contribution in [-0.4, -0.2) is 33.3 Å². The Morgan fingerprint density at radius 2 is 1.31 bits per heavy atom. The van der Waals surface area contributed by atoms with Crippen LogP contribution in [0.15, 0.2) is 48.5 Å². The molecule has 2 N–H and O–H groups in total. The Bertz CT molecular complexity index is 644. The first-order valence-electron chi connectivity index (χ1n) is 10.1. The highest BCUT2D eigenvalue weighted by atomic mass is 35.5. The van der Waals surface area contributed by atoms with Gasteiger partial charge in [-0.15, -0.1) is 24.8 Å². The highest BCUT2D eigenvalue weighted by Gasteiger charge is 2.03. The Balaban J connectivity index is 0.00000392. The monoisotopic (exact) mass is 444 g/mol. The van der Waals surface area contributed by atoms with E-state index in [4.69, 9.17) is 4.74 Å². The lowest BCUT2D eigenvalue weighted by Crippen LogP contribution is -2.19. The molecule has 0 saturated heterocycles. The van der Waals surface area contributed by atoms with Crippen molar-refractivity contribution >= 4 is 24.8 Å². The molecule has 2 rings (SSSR count). The van der Waals surface area contributed by atoms with E-state index < -0.39 is 0 Å². The third-order valence-electron chi connectivity index (χ3n) is 4.70. The summed E-state index contributed by atoms with van der Waals surface area (Å²) in [6.45, 7) is 4.06. The minimum atomic E-state index is -0.285. The molecule has 0 saturated carbocycles. The van der Waals surface area contributed by atoms with Gasteiger partial charge in [-0.3, -0.25) is 0 Å². The van der Waals surface area contributed by atoms with Crippen molar-refractivity contribution in [3.05, 3.63) is 65.5 Å². The van der Waals surface area contributed by atoms with Gasteiger partial charge in [0, 0.05) is 0 Å². The highest BCUT2D eigenvalue weighted by Crippen LogP contribution is 2.17. The summed E-state index contributed by atoms with van der Waals surface area (Å²) in [5.41, 5.74) is 2.40. The van der Waals surface area contributed by atoms with E-state index >= 15 is 0 Å². The fourth-order valence-corrected chi connectivity index (χ4v) is 3.08. The van der Waals surface area contributed by atoms with Crippen LogP contribution in [0.25, 0.3) is 0 Å². The predicted octanol–water partition coefficient (Wildman–Crippen LogP) is 5.20. The molecule has 29 heavy (non-hydrogen) atoms. The van der Waals surface area contributed by atoms with Gasteiger partial charge < -0.3 is 15.4 Å². The number of halogens is 3. The van der Waals surface area contributed by atoms with E-state index in [9.17, 15) is 4.39 Å². The third kappa shape index (κ3) is 12.1. The highest BCUT2D eigenvalue weighted by molar-refractivity contribution is 5.85. The van der Waals surface area contributed by atoms with Crippen molar-refractivity contribution in [3.63, 3.8) is 0 Å². The zero-order valence-corrected chi connectivity index (χ0v) is 18.9. The Morgan fingerprint density at radius 3 is 1.86 bits per heavy atom. The molecule has 0 amide bonds. The van der Waals surface area contributed by atoms with Crippen molar-refractivity contribution < 1.29 is 9.13 Å². The molecule has 0 aliphatic rings. The molecule has 164 valence electrons. The molecule has 3 nitrogen and oxygen atoms in total. The molecule has 0 fully saturated rings. The molecular formula is C23H35Cl2FN2O. The summed E-state index contributed by atoms with van der Waals surface area (Å²) in [7, 11) is 1.49. The second-order valence-corrected chi connectivity index (χ2v) is 6.87. The minimum absolute atomic E-state index is 0. The van der Waals surface area contributed by atoms with Gasteiger partial charge in [-0.1, -0.05) is 49.2 Å². The lowest BCUT2D eigenvalue weighted by atomic mass is 10.1. The van der Waals surface area contributed by atoms with E-state index in [1.165, 1.54) is 38.4 Å². The maximum Gasteiger partial charge on any atom is 0.165 e. The lowest BCUT2D eigenvalue weighted by Gasteiger charge is -2.07. The summed E-state index contributed by atoms with van der Waals surface area (Å²) >= 11 is 0. The second kappa shape index (κ2) is 17.5. The zero-order chi connectivity index (χ0) is 19.2. The van der Waals surface area contributed by atoms with Crippen molar-refractivity contribution in [1.82, 2.24) is 10.6 Å². The van der Waals surface area contributed by atoms with Crippen LogP contribution in [-0.2, 0) is 12.8 Å². The molecule has 0 unspecified atom stereocenters. The lowest BCUT2D eigenvalue weighted by molar-refractivity contribution is 0.386. The SMILES string of the molecule is COc1ccc(CCNCCCCCCNCCc2ccccc2)cc1F.Cl.Cl. The smallest absolute Gasteiger partial charge is 0.165 e. The molecule has 0 aromatic heterocycles. The third-order valence-corrected chi connectivity index (χ3v) is 4.70. The summed E-state index contributed by atoms with van der Waals surface area (Å²) in [6.07, 6.45) is 6.89.